The van der Waals surface area contributed by atoms with Crippen LogP contribution in [0.25, 0.3) is 0 Å². The molecule has 3 rings (SSSR count). The van der Waals surface area contributed by atoms with Crippen molar-refractivity contribution in [3.8, 4) is 17.4 Å². The van der Waals surface area contributed by atoms with Crippen molar-refractivity contribution < 1.29 is 28.6 Å². The fourth-order valence-corrected chi connectivity index (χ4v) is 3.01. The summed E-state index contributed by atoms with van der Waals surface area (Å²) >= 11 is 1.13. The SMILES string of the molecule is CCC(Sc1c([O-])on[n+]1C)C(=O)Nc1ccc2c(c1)OCO2. The van der Waals surface area contributed by atoms with Gasteiger partial charge in [0.25, 0.3) is 5.03 Å². The first-order valence-electron chi connectivity index (χ1n) is 6.98. The van der Waals surface area contributed by atoms with Crippen LogP contribution in [0.15, 0.2) is 27.7 Å². The molecule has 1 N–H and O–H groups in total. The summed E-state index contributed by atoms with van der Waals surface area (Å²) in [7, 11) is 1.59. The largest absolute Gasteiger partial charge is 0.538 e. The number of carbonyl (C=O) groups excluding carboxylic acids is 1. The average molecular weight is 337 g/mol. The molecule has 1 aliphatic heterocycles. The Hall–Kier alpha value is -2.42. The van der Waals surface area contributed by atoms with Gasteiger partial charge in [-0.15, -0.1) is 0 Å². The molecule has 0 saturated carbocycles. The van der Waals surface area contributed by atoms with E-state index >= 15 is 0 Å². The molecule has 122 valence electrons. The maximum atomic E-state index is 12.4. The number of carbonyl (C=O) groups is 1. The van der Waals surface area contributed by atoms with Crippen molar-refractivity contribution in [1.29, 1.82) is 0 Å². The van der Waals surface area contributed by atoms with Gasteiger partial charge in [0.2, 0.25) is 12.7 Å². The molecule has 2 heterocycles. The number of hydrogen-bond acceptors (Lipinski definition) is 7. The Balaban J connectivity index is 1.70. The van der Waals surface area contributed by atoms with Crippen molar-refractivity contribution in [1.82, 2.24) is 5.27 Å². The average Bonchev–Trinajstić information content (AvgIpc) is 3.12. The van der Waals surface area contributed by atoms with Gasteiger partial charge in [-0.05, 0) is 30.3 Å². The molecule has 8 nitrogen and oxygen atoms in total. The van der Waals surface area contributed by atoms with Gasteiger partial charge in [0, 0.05) is 11.8 Å². The summed E-state index contributed by atoms with van der Waals surface area (Å²) < 4.78 is 16.4. The molecule has 0 spiro atoms. The molecule has 0 aliphatic carbocycles. The summed E-state index contributed by atoms with van der Waals surface area (Å²) in [5, 5.41) is 17.8. The Labute approximate surface area is 136 Å². The number of ether oxygens (including phenoxy) is 2. The lowest BCUT2D eigenvalue weighted by molar-refractivity contribution is -0.772. The van der Waals surface area contributed by atoms with Gasteiger partial charge in [-0.1, -0.05) is 11.6 Å². The second kappa shape index (κ2) is 6.37. The van der Waals surface area contributed by atoms with Crippen LogP contribution in [0.4, 0.5) is 5.69 Å². The van der Waals surface area contributed by atoms with E-state index in [4.69, 9.17) is 9.47 Å². The van der Waals surface area contributed by atoms with Gasteiger partial charge in [-0.2, -0.15) is 0 Å². The van der Waals surface area contributed by atoms with Crippen molar-refractivity contribution in [2.75, 3.05) is 12.1 Å². The van der Waals surface area contributed by atoms with E-state index in [1.165, 1.54) is 4.68 Å². The van der Waals surface area contributed by atoms with E-state index in [1.54, 1.807) is 25.2 Å². The normalized spacial score (nSPS) is 13.8. The zero-order valence-corrected chi connectivity index (χ0v) is 13.4. The molecule has 0 saturated heterocycles. The van der Waals surface area contributed by atoms with Gasteiger partial charge in [0.05, 0.1) is 10.5 Å². The van der Waals surface area contributed by atoms with Crippen molar-refractivity contribution in [3.63, 3.8) is 0 Å². The molecule has 2 aromatic rings. The number of thioether (sulfide) groups is 1. The minimum atomic E-state index is -0.549. The summed E-state index contributed by atoms with van der Waals surface area (Å²) in [6.45, 7) is 2.05. The zero-order chi connectivity index (χ0) is 16.4. The standard InChI is InChI=1S/C14H15N3O5S/c1-3-11(23-13-14(19)22-16-17(13)2)12(18)15-8-4-5-9-10(6-8)21-7-20-9/h4-6,11H,3,7H2,1-2H3,(H-,15,16,18,19). The highest BCUT2D eigenvalue weighted by atomic mass is 32.2. The van der Waals surface area contributed by atoms with Crippen LogP contribution < -0.4 is 24.6 Å². The topological polar surface area (TPSA) is 101 Å². The van der Waals surface area contributed by atoms with Crippen molar-refractivity contribution in [3.05, 3.63) is 18.2 Å². The Bertz CT molecular complexity index is 714. The third kappa shape index (κ3) is 3.19. The highest BCUT2D eigenvalue weighted by Crippen LogP contribution is 2.35. The van der Waals surface area contributed by atoms with E-state index < -0.39 is 11.2 Å². The summed E-state index contributed by atoms with van der Waals surface area (Å²) in [6.07, 6.45) is 0.547. The van der Waals surface area contributed by atoms with Gasteiger partial charge in [-0.3, -0.25) is 4.79 Å². The third-order valence-corrected chi connectivity index (χ3v) is 4.76. The van der Waals surface area contributed by atoms with Crippen molar-refractivity contribution in [2.45, 2.75) is 23.6 Å². The minimum Gasteiger partial charge on any atom is -0.538 e. The summed E-state index contributed by atoms with van der Waals surface area (Å²) in [5.74, 6) is 0.483. The lowest BCUT2D eigenvalue weighted by atomic mass is 10.2. The van der Waals surface area contributed by atoms with Gasteiger partial charge >= 0.3 is 0 Å². The number of hydrogen-bond donors (Lipinski definition) is 1. The highest BCUT2D eigenvalue weighted by molar-refractivity contribution is 8.00. The van der Waals surface area contributed by atoms with E-state index in [2.05, 4.69) is 15.1 Å². The maximum Gasteiger partial charge on any atom is 0.291 e. The van der Waals surface area contributed by atoms with Crippen LogP contribution in [-0.2, 0) is 11.8 Å². The predicted octanol–water partition coefficient (Wildman–Crippen LogP) is 0.811. The van der Waals surface area contributed by atoms with Crippen molar-refractivity contribution in [2.24, 2.45) is 7.05 Å². The molecular weight excluding hydrogens is 322 g/mol. The number of aryl methyl sites for hydroxylation is 1. The summed E-state index contributed by atoms with van der Waals surface area (Å²) in [6, 6.07) is 5.18. The summed E-state index contributed by atoms with van der Waals surface area (Å²) in [5.41, 5.74) is 0.607. The molecule has 1 aromatic carbocycles. The van der Waals surface area contributed by atoms with Crippen LogP contribution in [0, 0.1) is 0 Å². The van der Waals surface area contributed by atoms with Gasteiger partial charge in [-0.25, -0.2) is 0 Å². The fourth-order valence-electron chi connectivity index (χ4n) is 2.08. The molecule has 0 fully saturated rings. The van der Waals surface area contributed by atoms with E-state index in [-0.39, 0.29) is 17.7 Å². The summed E-state index contributed by atoms with van der Waals surface area (Å²) in [4.78, 5) is 12.4. The third-order valence-electron chi connectivity index (χ3n) is 3.27. The molecule has 9 heteroatoms. The molecular formula is C14H15N3O5S. The first-order valence-corrected chi connectivity index (χ1v) is 7.86. The number of benzene rings is 1. The molecule has 1 unspecified atom stereocenters. The molecule has 1 aliphatic rings. The van der Waals surface area contributed by atoms with Gasteiger partial charge in [0.15, 0.2) is 24.5 Å². The molecule has 0 bridgehead atoms. The number of anilines is 1. The quantitative estimate of drug-likeness (QED) is 0.636. The van der Waals surface area contributed by atoms with Crippen molar-refractivity contribution >= 4 is 23.4 Å². The Morgan fingerprint density at radius 2 is 2.26 bits per heavy atom. The van der Waals surface area contributed by atoms with Crippen LogP contribution in [0.3, 0.4) is 0 Å². The predicted molar refractivity (Wildman–Crippen MR) is 78.3 cm³/mol. The number of nitrogens with one attached hydrogen (secondary N) is 1. The Morgan fingerprint density at radius 1 is 1.48 bits per heavy atom. The molecule has 1 amide bonds. The van der Waals surface area contributed by atoms with Gasteiger partial charge in [0.1, 0.15) is 0 Å². The highest BCUT2D eigenvalue weighted by Gasteiger charge is 2.25. The van der Waals surface area contributed by atoms with E-state index in [0.717, 1.165) is 11.8 Å². The van der Waals surface area contributed by atoms with E-state index in [0.29, 0.717) is 23.6 Å². The monoisotopic (exact) mass is 337 g/mol. The Kier molecular flexibility index (Phi) is 4.28. The molecule has 1 atom stereocenters. The van der Waals surface area contributed by atoms with E-state index in [9.17, 15) is 9.90 Å². The molecule has 23 heavy (non-hydrogen) atoms. The number of aromatic nitrogens is 2. The fraction of sp³-hybridized carbons (Fsp3) is 0.357. The minimum absolute atomic E-state index is 0.177. The van der Waals surface area contributed by atoms with Crippen LogP contribution >= 0.6 is 11.8 Å². The first-order chi connectivity index (χ1) is 11.1. The number of nitrogens with zero attached hydrogens (tertiary/aromatic N) is 2. The number of amides is 1. The van der Waals surface area contributed by atoms with Crippen LogP contribution in [0.5, 0.6) is 17.4 Å². The second-order valence-electron chi connectivity index (χ2n) is 4.86. The number of rotatable bonds is 5. The van der Waals surface area contributed by atoms with Crippen LogP contribution in [0.1, 0.15) is 13.3 Å². The smallest absolute Gasteiger partial charge is 0.291 e. The van der Waals surface area contributed by atoms with Crippen LogP contribution in [0.2, 0.25) is 0 Å². The van der Waals surface area contributed by atoms with Gasteiger partial charge < -0.3 is 24.4 Å². The van der Waals surface area contributed by atoms with E-state index in [1.807, 2.05) is 6.92 Å². The van der Waals surface area contributed by atoms with Crippen LogP contribution in [-0.4, -0.2) is 23.2 Å². The first kappa shape index (κ1) is 15.5. The molecule has 0 radical (unpaired) electrons. The Morgan fingerprint density at radius 3 is 2.96 bits per heavy atom. The molecule has 1 aromatic heterocycles. The number of fused-ring (bicyclic) bond motifs is 1. The zero-order valence-electron chi connectivity index (χ0n) is 12.6. The maximum absolute atomic E-state index is 12.4. The second-order valence-corrected chi connectivity index (χ2v) is 6.05. The lowest BCUT2D eigenvalue weighted by Gasteiger charge is -2.13. The lowest BCUT2D eigenvalue weighted by Crippen LogP contribution is -2.34.